The highest BCUT2D eigenvalue weighted by atomic mass is 16.5. The number of hydrogen-bond donors (Lipinski definition) is 1. The zero-order valence-electron chi connectivity index (χ0n) is 14.8. The van der Waals surface area contributed by atoms with Crippen LogP contribution < -0.4 is 10.5 Å². The molecule has 0 atom stereocenters. The van der Waals surface area contributed by atoms with Gasteiger partial charge in [-0.15, -0.1) is 0 Å². The number of hydrogen-bond acceptors (Lipinski definition) is 6. The Morgan fingerprint density at radius 1 is 1.32 bits per heavy atom. The Morgan fingerprint density at radius 3 is 2.76 bits per heavy atom. The van der Waals surface area contributed by atoms with E-state index < -0.39 is 0 Å². The summed E-state index contributed by atoms with van der Waals surface area (Å²) in [7, 11) is 2.12. The molecule has 1 fully saturated rings. The van der Waals surface area contributed by atoms with Gasteiger partial charge in [0.2, 0.25) is 0 Å². The van der Waals surface area contributed by atoms with Gasteiger partial charge in [-0.2, -0.15) is 24.6 Å². The van der Waals surface area contributed by atoms with Crippen LogP contribution in [0.3, 0.4) is 0 Å². The molecular weight excluding hydrogens is 320 g/mol. The highest BCUT2D eigenvalue weighted by Gasteiger charge is 2.21. The van der Waals surface area contributed by atoms with Gasteiger partial charge < -0.3 is 15.4 Å². The van der Waals surface area contributed by atoms with Crippen LogP contribution in [0.15, 0.2) is 16.2 Å². The molecule has 0 saturated carbocycles. The molecule has 0 unspecified atom stereocenters. The van der Waals surface area contributed by atoms with E-state index in [4.69, 9.17) is 10.5 Å². The molecular formula is C16H24N8O. The maximum absolute atomic E-state index is 6.04. The molecule has 9 heteroatoms. The van der Waals surface area contributed by atoms with Crippen LogP contribution in [-0.2, 0) is 0 Å². The van der Waals surface area contributed by atoms with Crippen LogP contribution in [0, 0.1) is 0 Å². The van der Waals surface area contributed by atoms with Crippen molar-refractivity contribution in [3.05, 3.63) is 11.8 Å². The molecule has 2 N–H and O–H groups in total. The molecule has 134 valence electrons. The Bertz CT molecular complexity index is 774. The SMILES string of the molecule is CC(C)c1cnn2c(N=CN=CN)nc(OC3CCN(C)CC3)nc12. The van der Waals surface area contributed by atoms with Crippen molar-refractivity contribution in [3.8, 4) is 6.01 Å². The summed E-state index contributed by atoms with van der Waals surface area (Å²) in [6, 6.07) is 0.327. The molecule has 1 aliphatic rings. The minimum Gasteiger partial charge on any atom is -0.460 e. The predicted octanol–water partition coefficient (Wildman–Crippen LogP) is 1.37. The average Bonchev–Trinajstić information content (AvgIpc) is 3.01. The van der Waals surface area contributed by atoms with Crippen LogP contribution in [0.2, 0.25) is 0 Å². The second kappa shape index (κ2) is 7.56. The Balaban J connectivity index is 1.95. The first-order valence-electron chi connectivity index (χ1n) is 8.45. The summed E-state index contributed by atoms with van der Waals surface area (Å²) < 4.78 is 7.63. The number of aliphatic imine (C=N–C) groups is 2. The van der Waals surface area contributed by atoms with Crippen LogP contribution in [0.25, 0.3) is 5.65 Å². The molecule has 2 aromatic heterocycles. The molecule has 1 aliphatic heterocycles. The summed E-state index contributed by atoms with van der Waals surface area (Å²) in [6.45, 7) is 6.21. The first-order chi connectivity index (χ1) is 12.1. The predicted molar refractivity (Wildman–Crippen MR) is 96.8 cm³/mol. The molecule has 0 aliphatic carbocycles. The second-order valence-electron chi connectivity index (χ2n) is 6.46. The van der Waals surface area contributed by atoms with Gasteiger partial charge in [-0.3, -0.25) is 0 Å². The molecule has 0 spiro atoms. The number of piperidine rings is 1. The monoisotopic (exact) mass is 344 g/mol. The third-order valence-electron chi connectivity index (χ3n) is 4.24. The van der Waals surface area contributed by atoms with Crippen LogP contribution >= 0.6 is 0 Å². The topological polar surface area (TPSA) is 106 Å². The van der Waals surface area contributed by atoms with Gasteiger partial charge >= 0.3 is 6.01 Å². The molecule has 0 amide bonds. The van der Waals surface area contributed by atoms with E-state index >= 15 is 0 Å². The average molecular weight is 344 g/mol. The number of ether oxygens (including phenoxy) is 1. The third kappa shape index (κ3) is 3.93. The van der Waals surface area contributed by atoms with Crippen LogP contribution in [0.5, 0.6) is 6.01 Å². The van der Waals surface area contributed by atoms with E-state index in [2.05, 4.69) is 50.8 Å². The zero-order valence-corrected chi connectivity index (χ0v) is 14.8. The maximum atomic E-state index is 6.04. The molecule has 0 bridgehead atoms. The third-order valence-corrected chi connectivity index (χ3v) is 4.24. The zero-order chi connectivity index (χ0) is 17.8. The van der Waals surface area contributed by atoms with Gasteiger partial charge in [0.05, 0.1) is 12.5 Å². The van der Waals surface area contributed by atoms with Gasteiger partial charge in [0, 0.05) is 18.7 Å². The van der Waals surface area contributed by atoms with Gasteiger partial charge in [0.15, 0.2) is 5.65 Å². The van der Waals surface area contributed by atoms with Crippen LogP contribution in [0.1, 0.15) is 38.2 Å². The molecule has 3 heterocycles. The first kappa shape index (κ1) is 17.3. The largest absolute Gasteiger partial charge is 0.460 e. The van der Waals surface area contributed by atoms with Crippen molar-refractivity contribution in [1.82, 2.24) is 24.5 Å². The van der Waals surface area contributed by atoms with Gasteiger partial charge in [-0.25, -0.2) is 4.99 Å². The fraction of sp³-hybridized carbons (Fsp3) is 0.562. The summed E-state index contributed by atoms with van der Waals surface area (Å²) in [4.78, 5) is 19.3. The van der Waals surface area contributed by atoms with E-state index in [1.807, 2.05) is 0 Å². The molecule has 9 nitrogen and oxygen atoms in total. The van der Waals surface area contributed by atoms with Gasteiger partial charge in [0.25, 0.3) is 5.95 Å². The normalized spacial score (nSPS) is 17.4. The van der Waals surface area contributed by atoms with Crippen molar-refractivity contribution >= 4 is 24.3 Å². The van der Waals surface area contributed by atoms with E-state index in [0.717, 1.165) is 31.5 Å². The summed E-state index contributed by atoms with van der Waals surface area (Å²) in [6.07, 6.45) is 6.31. The van der Waals surface area contributed by atoms with Gasteiger partial charge in [0.1, 0.15) is 12.4 Å². The maximum Gasteiger partial charge on any atom is 0.322 e. The fourth-order valence-electron chi connectivity index (χ4n) is 2.78. The summed E-state index contributed by atoms with van der Waals surface area (Å²) in [5.41, 5.74) is 6.98. The van der Waals surface area contributed by atoms with Crippen molar-refractivity contribution < 1.29 is 4.74 Å². The van der Waals surface area contributed by atoms with Crippen LogP contribution in [0.4, 0.5) is 5.95 Å². The highest BCUT2D eigenvalue weighted by Crippen LogP contribution is 2.25. The Labute approximate surface area is 146 Å². The quantitative estimate of drug-likeness (QED) is 0.648. The van der Waals surface area contributed by atoms with Crippen molar-refractivity contribution in [2.75, 3.05) is 20.1 Å². The Kier molecular flexibility index (Phi) is 5.22. The highest BCUT2D eigenvalue weighted by molar-refractivity contribution is 5.71. The minimum atomic E-state index is 0.114. The lowest BCUT2D eigenvalue weighted by atomic mass is 10.1. The van der Waals surface area contributed by atoms with Crippen molar-refractivity contribution in [2.45, 2.75) is 38.7 Å². The van der Waals surface area contributed by atoms with Crippen LogP contribution in [-0.4, -0.2) is 63.4 Å². The molecule has 1 saturated heterocycles. The lowest BCUT2D eigenvalue weighted by Gasteiger charge is -2.28. The minimum absolute atomic E-state index is 0.114. The van der Waals surface area contributed by atoms with Gasteiger partial charge in [-0.1, -0.05) is 13.8 Å². The summed E-state index contributed by atoms with van der Waals surface area (Å²) in [5.74, 6) is 0.646. The van der Waals surface area contributed by atoms with Crippen molar-refractivity contribution in [1.29, 1.82) is 0 Å². The number of likely N-dealkylation sites (tertiary alicyclic amines) is 1. The standard InChI is InChI=1S/C16H24N8O/c1-11(2)13-8-20-24-14(13)21-16(22-15(24)19-10-18-9-17)25-12-4-6-23(3)7-5-12/h8-12H,4-7H2,1-3H3,(H2,17,18,19,21,22). The van der Waals surface area contributed by atoms with Crippen molar-refractivity contribution in [3.63, 3.8) is 0 Å². The van der Waals surface area contributed by atoms with E-state index in [1.54, 1.807) is 10.7 Å². The van der Waals surface area contributed by atoms with E-state index in [9.17, 15) is 0 Å². The number of fused-ring (bicyclic) bond motifs is 1. The number of nitrogens with zero attached hydrogens (tertiary/aromatic N) is 7. The second-order valence-corrected chi connectivity index (χ2v) is 6.46. The lowest BCUT2D eigenvalue weighted by molar-refractivity contribution is 0.105. The molecule has 0 radical (unpaired) electrons. The molecule has 0 aromatic carbocycles. The number of aromatic nitrogens is 4. The number of nitrogens with two attached hydrogens (primary N) is 1. The Morgan fingerprint density at radius 2 is 2.08 bits per heavy atom. The molecule has 25 heavy (non-hydrogen) atoms. The fourth-order valence-corrected chi connectivity index (χ4v) is 2.78. The molecule has 3 rings (SSSR count). The van der Waals surface area contributed by atoms with E-state index in [0.29, 0.717) is 17.6 Å². The smallest absolute Gasteiger partial charge is 0.322 e. The molecule has 2 aromatic rings. The van der Waals surface area contributed by atoms with Gasteiger partial charge in [-0.05, 0) is 25.8 Å². The summed E-state index contributed by atoms with van der Waals surface area (Å²) >= 11 is 0. The number of rotatable bonds is 5. The lowest BCUT2D eigenvalue weighted by Crippen LogP contribution is -2.36. The van der Waals surface area contributed by atoms with E-state index in [1.165, 1.54) is 12.7 Å². The summed E-state index contributed by atoms with van der Waals surface area (Å²) in [5, 5.41) is 4.35. The first-order valence-corrected chi connectivity index (χ1v) is 8.45. The van der Waals surface area contributed by atoms with E-state index in [-0.39, 0.29) is 12.0 Å². The Hall–Kier alpha value is -2.55. The van der Waals surface area contributed by atoms with Crippen molar-refractivity contribution in [2.24, 2.45) is 15.7 Å².